The fourth-order valence-electron chi connectivity index (χ4n) is 2.27. The number of carbonyl (C=O) groups is 2. The summed E-state index contributed by atoms with van der Waals surface area (Å²) in [4.78, 5) is 49.9. The number of amides is 3. The molecule has 2 heterocycles. The van der Waals surface area contributed by atoms with Gasteiger partial charge in [0.25, 0.3) is 0 Å². The molecule has 2 saturated heterocycles. The first-order chi connectivity index (χ1) is 11.4. The summed E-state index contributed by atoms with van der Waals surface area (Å²) < 4.78 is 35.0. The van der Waals surface area contributed by atoms with Gasteiger partial charge >= 0.3 is 21.7 Å². The van der Waals surface area contributed by atoms with Crippen LogP contribution in [0.4, 0.5) is 4.79 Å². The highest BCUT2D eigenvalue weighted by Crippen LogP contribution is 2.57. The second kappa shape index (κ2) is 7.37. The van der Waals surface area contributed by atoms with E-state index in [0.717, 1.165) is 4.90 Å². The van der Waals surface area contributed by atoms with Gasteiger partial charge in [0.15, 0.2) is 6.23 Å². The molecule has 0 radical (unpaired) electrons. The third-order valence-electron chi connectivity index (χ3n) is 3.34. The Morgan fingerprint density at radius 1 is 1.20 bits per heavy atom. The number of aliphatic hydroxyl groups excluding tert-OH is 2. The van der Waals surface area contributed by atoms with Crippen LogP contribution in [0.25, 0.3) is 0 Å². The van der Waals surface area contributed by atoms with Gasteiger partial charge in [-0.1, -0.05) is 0 Å². The lowest BCUT2D eigenvalue weighted by Crippen LogP contribution is -2.56. The molecular formula is C9H16N2O12P2. The van der Waals surface area contributed by atoms with Crippen LogP contribution in [0.1, 0.15) is 6.42 Å². The van der Waals surface area contributed by atoms with Crippen molar-refractivity contribution in [1.29, 1.82) is 0 Å². The van der Waals surface area contributed by atoms with Crippen LogP contribution >= 0.6 is 15.6 Å². The molecular weight excluding hydrogens is 390 g/mol. The number of nitrogens with one attached hydrogen (secondary N) is 1. The molecule has 2 aliphatic heterocycles. The summed E-state index contributed by atoms with van der Waals surface area (Å²) in [7, 11) is -10.5. The van der Waals surface area contributed by atoms with Crippen molar-refractivity contribution in [3.8, 4) is 0 Å². The van der Waals surface area contributed by atoms with Crippen LogP contribution < -0.4 is 5.32 Å². The normalized spacial score (nSPS) is 33.2. The van der Waals surface area contributed by atoms with E-state index in [-0.39, 0.29) is 13.0 Å². The topological polar surface area (TPSA) is 212 Å². The minimum Gasteiger partial charge on any atom is -0.387 e. The zero-order chi connectivity index (χ0) is 19.0. The molecule has 0 bridgehead atoms. The number of hydrogen-bond donors (Lipinski definition) is 6. The van der Waals surface area contributed by atoms with Crippen molar-refractivity contribution >= 4 is 27.6 Å². The molecule has 6 N–H and O–H groups in total. The number of hydrogen-bond acceptors (Lipinski definition) is 9. The number of urea groups is 1. The minimum atomic E-state index is -5.31. The van der Waals surface area contributed by atoms with Crippen LogP contribution in [0.15, 0.2) is 0 Å². The maximum absolute atomic E-state index is 11.7. The molecule has 16 heteroatoms. The lowest BCUT2D eigenvalue weighted by Gasteiger charge is -2.32. The van der Waals surface area contributed by atoms with E-state index in [9.17, 15) is 28.9 Å². The Labute approximate surface area is 140 Å². The highest BCUT2D eigenvalue weighted by Gasteiger charge is 2.48. The van der Waals surface area contributed by atoms with Crippen molar-refractivity contribution in [3.05, 3.63) is 0 Å². The molecule has 3 amide bonds. The van der Waals surface area contributed by atoms with Crippen LogP contribution in [-0.4, -0.2) is 79.4 Å². The predicted octanol–water partition coefficient (Wildman–Crippen LogP) is -2.40. The quantitative estimate of drug-likeness (QED) is 0.255. The van der Waals surface area contributed by atoms with Crippen LogP contribution in [0.5, 0.6) is 0 Å². The van der Waals surface area contributed by atoms with Crippen LogP contribution in [0, 0.1) is 0 Å². The van der Waals surface area contributed by atoms with Gasteiger partial charge in [-0.15, -0.1) is 0 Å². The van der Waals surface area contributed by atoms with E-state index in [1.165, 1.54) is 0 Å². The summed E-state index contributed by atoms with van der Waals surface area (Å²) in [5.41, 5.74) is 0. The Bertz CT molecular complexity index is 636. The van der Waals surface area contributed by atoms with E-state index in [1.54, 1.807) is 0 Å². The van der Waals surface area contributed by atoms with Crippen LogP contribution in [0.2, 0.25) is 0 Å². The number of nitrogens with zero attached hydrogens (tertiary/aromatic N) is 1. The van der Waals surface area contributed by atoms with Gasteiger partial charge in [0.05, 0.1) is 6.61 Å². The Balaban J connectivity index is 1.98. The SMILES string of the molecule is O=C1CCN([C@@H]2O[C@H](COP(=O)(O)OP(=O)(O)O)[C@@H](O)[C@H]2O)C(=O)N1. The fourth-order valence-corrected chi connectivity index (χ4v) is 3.87. The van der Waals surface area contributed by atoms with E-state index in [0.29, 0.717) is 0 Å². The maximum Gasteiger partial charge on any atom is 0.481 e. The van der Waals surface area contributed by atoms with Crippen molar-refractivity contribution in [2.75, 3.05) is 13.2 Å². The summed E-state index contributed by atoms with van der Waals surface area (Å²) in [5, 5.41) is 21.8. The van der Waals surface area contributed by atoms with Gasteiger partial charge in [0.1, 0.15) is 18.3 Å². The first kappa shape index (κ1) is 20.4. The Morgan fingerprint density at radius 2 is 1.84 bits per heavy atom. The smallest absolute Gasteiger partial charge is 0.387 e. The highest BCUT2D eigenvalue weighted by molar-refractivity contribution is 7.60. The van der Waals surface area contributed by atoms with Crippen molar-refractivity contribution < 1.29 is 57.2 Å². The monoisotopic (exact) mass is 406 g/mol. The largest absolute Gasteiger partial charge is 0.481 e. The lowest BCUT2D eigenvalue weighted by molar-refractivity contribution is -0.125. The van der Waals surface area contributed by atoms with Crippen LogP contribution in [0.3, 0.4) is 0 Å². The molecule has 0 aromatic heterocycles. The molecule has 1 unspecified atom stereocenters. The van der Waals surface area contributed by atoms with Crippen LogP contribution in [-0.2, 0) is 27.5 Å². The number of carbonyl (C=O) groups excluding carboxylic acids is 2. The third kappa shape index (κ3) is 5.28. The zero-order valence-corrected chi connectivity index (χ0v) is 14.2. The first-order valence-electron chi connectivity index (χ1n) is 6.76. The second-order valence-corrected chi connectivity index (χ2v) is 8.01. The van der Waals surface area contributed by atoms with E-state index in [2.05, 4.69) is 8.83 Å². The molecule has 2 fully saturated rings. The molecule has 14 nitrogen and oxygen atoms in total. The van der Waals surface area contributed by atoms with Crippen molar-refractivity contribution in [1.82, 2.24) is 10.2 Å². The van der Waals surface area contributed by atoms with Crippen molar-refractivity contribution in [3.63, 3.8) is 0 Å². The summed E-state index contributed by atoms with van der Waals surface area (Å²) in [6.45, 7) is -0.969. The minimum absolute atomic E-state index is 0.0580. The second-order valence-electron chi connectivity index (χ2n) is 5.18. The van der Waals surface area contributed by atoms with E-state index < -0.39 is 58.7 Å². The van der Waals surface area contributed by atoms with Gasteiger partial charge in [0, 0.05) is 13.0 Å². The molecule has 0 aromatic rings. The van der Waals surface area contributed by atoms with Gasteiger partial charge in [-0.3, -0.25) is 19.5 Å². The molecule has 0 aromatic carbocycles. The maximum atomic E-state index is 11.7. The Hall–Kier alpha value is -0.920. The summed E-state index contributed by atoms with van der Waals surface area (Å²) in [6.07, 6.45) is -6.10. The summed E-state index contributed by atoms with van der Waals surface area (Å²) in [5.74, 6) is -0.523. The molecule has 144 valence electrons. The standard InChI is InChI=1S/C9H16N2O12P2/c12-5-1-2-11(9(15)10-5)8-7(14)6(13)4(22-8)3-21-25(19,20)23-24(16,17)18/h4,6-8,13-14H,1-3H2,(H,19,20)(H,10,12,15)(H2,16,17,18)/t4-,6-,7-,8-/m1/s1. The molecule has 2 rings (SSSR count). The Kier molecular flexibility index (Phi) is 6.01. The van der Waals surface area contributed by atoms with Gasteiger partial charge in [-0.2, -0.15) is 4.31 Å². The third-order valence-corrected chi connectivity index (χ3v) is 5.49. The molecule has 0 spiro atoms. The van der Waals surface area contributed by atoms with Gasteiger partial charge < -0.3 is 29.6 Å². The summed E-state index contributed by atoms with van der Waals surface area (Å²) >= 11 is 0. The predicted molar refractivity (Wildman–Crippen MR) is 74.4 cm³/mol. The number of aliphatic hydroxyl groups is 2. The van der Waals surface area contributed by atoms with E-state index in [1.807, 2.05) is 5.32 Å². The average molecular weight is 406 g/mol. The molecule has 0 saturated carbocycles. The molecule has 5 atom stereocenters. The summed E-state index contributed by atoms with van der Waals surface area (Å²) in [6, 6.07) is -0.855. The van der Waals surface area contributed by atoms with E-state index >= 15 is 0 Å². The van der Waals surface area contributed by atoms with Gasteiger partial charge in [-0.05, 0) is 0 Å². The van der Waals surface area contributed by atoms with Crippen molar-refractivity contribution in [2.45, 2.75) is 31.0 Å². The zero-order valence-electron chi connectivity index (χ0n) is 12.4. The molecule has 25 heavy (non-hydrogen) atoms. The number of phosphoric acid groups is 2. The number of imide groups is 1. The Morgan fingerprint density at radius 3 is 2.40 bits per heavy atom. The number of phosphoric ester groups is 1. The molecule has 2 aliphatic rings. The number of ether oxygens (including phenoxy) is 1. The lowest BCUT2D eigenvalue weighted by atomic mass is 10.1. The van der Waals surface area contributed by atoms with Gasteiger partial charge in [-0.25, -0.2) is 13.9 Å². The molecule has 0 aliphatic carbocycles. The van der Waals surface area contributed by atoms with Gasteiger partial charge in [0.2, 0.25) is 5.91 Å². The number of rotatable bonds is 6. The van der Waals surface area contributed by atoms with Crippen molar-refractivity contribution in [2.24, 2.45) is 0 Å². The average Bonchev–Trinajstić information content (AvgIpc) is 2.71. The van der Waals surface area contributed by atoms with E-state index in [4.69, 9.17) is 19.4 Å². The first-order valence-corrected chi connectivity index (χ1v) is 9.78. The highest BCUT2D eigenvalue weighted by atomic mass is 31.3. The fraction of sp³-hybridized carbons (Fsp3) is 0.778.